The van der Waals surface area contributed by atoms with Crippen LogP contribution in [0.4, 0.5) is 0 Å². The first-order chi connectivity index (χ1) is 8.12. The third-order valence-electron chi connectivity index (χ3n) is 4.43. The van der Waals surface area contributed by atoms with Gasteiger partial charge in [0, 0.05) is 11.8 Å². The lowest BCUT2D eigenvalue weighted by Crippen LogP contribution is -2.51. The van der Waals surface area contributed by atoms with Crippen LogP contribution in [0, 0.1) is 11.3 Å². The Morgan fingerprint density at radius 3 is 2.53 bits per heavy atom. The summed E-state index contributed by atoms with van der Waals surface area (Å²) in [5.41, 5.74) is 0.302. The molecule has 0 spiro atoms. The van der Waals surface area contributed by atoms with Gasteiger partial charge < -0.3 is 14.7 Å². The summed E-state index contributed by atoms with van der Waals surface area (Å²) in [7, 11) is 2.17. The number of hydrogen-bond donors (Lipinski definition) is 1. The molecule has 17 heavy (non-hydrogen) atoms. The molecular weight excluding hydrogens is 218 g/mol. The van der Waals surface area contributed by atoms with E-state index in [-0.39, 0.29) is 0 Å². The summed E-state index contributed by atoms with van der Waals surface area (Å²) in [4.78, 5) is 12.9. The van der Waals surface area contributed by atoms with E-state index in [1.807, 2.05) is 0 Å². The summed E-state index contributed by atoms with van der Waals surface area (Å²) in [6.45, 7) is 4.04. The minimum atomic E-state index is -0.677. The normalized spacial score (nSPS) is 25.5. The molecule has 2 rings (SSSR count). The minimum Gasteiger partial charge on any atom is -0.481 e. The molecule has 0 aliphatic carbocycles. The fourth-order valence-corrected chi connectivity index (χ4v) is 3.16. The van der Waals surface area contributed by atoms with Gasteiger partial charge in [-0.1, -0.05) is 0 Å². The summed E-state index contributed by atoms with van der Waals surface area (Å²) in [5, 5.41) is 8.71. The number of aliphatic carboxylic acids is 1. The zero-order chi connectivity index (χ0) is 12.3. The minimum absolute atomic E-state index is 0.300. The first-order valence-corrected chi connectivity index (χ1v) is 6.60. The SMILES string of the molecule is CN1CCC(C2(CCCC(=O)O)COC2)CC1. The van der Waals surface area contributed by atoms with E-state index in [4.69, 9.17) is 9.84 Å². The zero-order valence-corrected chi connectivity index (χ0v) is 10.7. The highest BCUT2D eigenvalue weighted by Crippen LogP contribution is 2.45. The number of likely N-dealkylation sites (tertiary alicyclic amines) is 1. The van der Waals surface area contributed by atoms with Crippen molar-refractivity contribution in [3.05, 3.63) is 0 Å². The maximum absolute atomic E-state index is 10.6. The molecule has 2 aliphatic rings. The van der Waals surface area contributed by atoms with Crippen LogP contribution in [0.15, 0.2) is 0 Å². The van der Waals surface area contributed by atoms with Gasteiger partial charge in [0.1, 0.15) is 0 Å². The van der Waals surface area contributed by atoms with Crippen LogP contribution in [0.5, 0.6) is 0 Å². The van der Waals surface area contributed by atoms with Crippen LogP contribution in [0.25, 0.3) is 0 Å². The molecule has 2 aliphatic heterocycles. The van der Waals surface area contributed by atoms with E-state index in [9.17, 15) is 4.79 Å². The van der Waals surface area contributed by atoms with Gasteiger partial charge in [0.15, 0.2) is 0 Å². The van der Waals surface area contributed by atoms with Gasteiger partial charge in [-0.15, -0.1) is 0 Å². The van der Waals surface area contributed by atoms with Gasteiger partial charge in [-0.2, -0.15) is 0 Å². The van der Waals surface area contributed by atoms with Gasteiger partial charge in [0.25, 0.3) is 0 Å². The van der Waals surface area contributed by atoms with Crippen molar-refractivity contribution in [3.8, 4) is 0 Å². The Bertz CT molecular complexity index is 268. The third-order valence-corrected chi connectivity index (χ3v) is 4.43. The summed E-state index contributed by atoms with van der Waals surface area (Å²) in [6, 6.07) is 0. The molecule has 4 heteroatoms. The van der Waals surface area contributed by atoms with Gasteiger partial charge in [-0.3, -0.25) is 4.79 Å². The molecule has 4 nitrogen and oxygen atoms in total. The summed E-state index contributed by atoms with van der Waals surface area (Å²) in [5.74, 6) is 0.0602. The van der Waals surface area contributed by atoms with Crippen molar-refractivity contribution in [1.82, 2.24) is 4.90 Å². The van der Waals surface area contributed by atoms with Crippen molar-refractivity contribution in [1.29, 1.82) is 0 Å². The highest BCUT2D eigenvalue weighted by atomic mass is 16.5. The Labute approximate surface area is 103 Å². The fraction of sp³-hybridized carbons (Fsp3) is 0.923. The Balaban J connectivity index is 1.83. The largest absolute Gasteiger partial charge is 0.481 e. The second-order valence-electron chi connectivity index (χ2n) is 5.68. The number of carboxylic acids is 1. The van der Waals surface area contributed by atoms with Crippen LogP contribution in [-0.4, -0.2) is 49.3 Å². The van der Waals surface area contributed by atoms with Crippen LogP contribution in [0.1, 0.15) is 32.1 Å². The average Bonchev–Trinajstić information content (AvgIpc) is 2.23. The smallest absolute Gasteiger partial charge is 0.303 e. The maximum Gasteiger partial charge on any atom is 0.303 e. The Hall–Kier alpha value is -0.610. The number of carboxylic acid groups (broad SMARTS) is 1. The lowest BCUT2D eigenvalue weighted by molar-refractivity contribution is -0.161. The van der Waals surface area contributed by atoms with Crippen molar-refractivity contribution in [2.24, 2.45) is 11.3 Å². The molecule has 0 aromatic carbocycles. The quantitative estimate of drug-likeness (QED) is 0.794. The van der Waals surface area contributed by atoms with Gasteiger partial charge in [0.2, 0.25) is 0 Å². The summed E-state index contributed by atoms with van der Waals surface area (Å²) >= 11 is 0. The van der Waals surface area contributed by atoms with Crippen molar-refractivity contribution in [3.63, 3.8) is 0 Å². The van der Waals surface area contributed by atoms with E-state index in [1.54, 1.807) is 0 Å². The van der Waals surface area contributed by atoms with E-state index < -0.39 is 5.97 Å². The molecule has 0 aromatic heterocycles. The predicted octanol–water partition coefficient (Wildman–Crippen LogP) is 1.60. The number of carbonyl (C=O) groups is 1. The predicted molar refractivity (Wildman–Crippen MR) is 65.0 cm³/mol. The van der Waals surface area contributed by atoms with Crippen LogP contribution >= 0.6 is 0 Å². The van der Waals surface area contributed by atoms with E-state index >= 15 is 0 Å². The van der Waals surface area contributed by atoms with E-state index in [2.05, 4.69) is 11.9 Å². The summed E-state index contributed by atoms with van der Waals surface area (Å²) in [6.07, 6.45) is 4.60. The first kappa shape index (κ1) is 12.8. The Kier molecular flexibility index (Phi) is 4.05. The molecule has 0 aromatic rings. The van der Waals surface area contributed by atoms with Crippen molar-refractivity contribution in [2.45, 2.75) is 32.1 Å². The van der Waals surface area contributed by atoms with Crippen LogP contribution in [-0.2, 0) is 9.53 Å². The molecule has 0 atom stereocenters. The van der Waals surface area contributed by atoms with Crippen LogP contribution in [0.3, 0.4) is 0 Å². The number of hydrogen-bond acceptors (Lipinski definition) is 3. The molecule has 0 bridgehead atoms. The molecule has 0 unspecified atom stereocenters. The van der Waals surface area contributed by atoms with E-state index in [1.165, 1.54) is 25.9 Å². The third kappa shape index (κ3) is 2.99. The van der Waals surface area contributed by atoms with Crippen LogP contribution < -0.4 is 0 Å². The van der Waals surface area contributed by atoms with Gasteiger partial charge in [-0.25, -0.2) is 0 Å². The lowest BCUT2D eigenvalue weighted by atomic mass is 9.66. The summed E-state index contributed by atoms with van der Waals surface area (Å²) < 4.78 is 5.41. The molecule has 1 N–H and O–H groups in total. The standard InChI is InChI=1S/C13H23NO3/c1-14-7-4-11(5-8-14)13(9-17-10-13)6-2-3-12(15)16/h11H,2-10H2,1H3,(H,15,16). The van der Waals surface area contributed by atoms with E-state index in [0.717, 1.165) is 32.0 Å². The molecule has 98 valence electrons. The first-order valence-electron chi connectivity index (χ1n) is 6.60. The molecule has 2 saturated heterocycles. The molecule has 0 amide bonds. The van der Waals surface area contributed by atoms with Gasteiger partial charge in [0.05, 0.1) is 13.2 Å². The Morgan fingerprint density at radius 1 is 1.41 bits per heavy atom. The topological polar surface area (TPSA) is 49.8 Å². The Morgan fingerprint density at radius 2 is 2.06 bits per heavy atom. The number of ether oxygens (including phenoxy) is 1. The molecule has 2 fully saturated rings. The number of piperidine rings is 1. The van der Waals surface area contributed by atoms with Crippen molar-refractivity contribution in [2.75, 3.05) is 33.4 Å². The molecule has 0 saturated carbocycles. The average molecular weight is 241 g/mol. The zero-order valence-electron chi connectivity index (χ0n) is 10.7. The van der Waals surface area contributed by atoms with Gasteiger partial charge >= 0.3 is 5.97 Å². The van der Waals surface area contributed by atoms with Crippen LogP contribution in [0.2, 0.25) is 0 Å². The van der Waals surface area contributed by atoms with Gasteiger partial charge in [-0.05, 0) is 51.7 Å². The monoisotopic (exact) mass is 241 g/mol. The fourth-order valence-electron chi connectivity index (χ4n) is 3.16. The van der Waals surface area contributed by atoms with Crippen molar-refractivity contribution < 1.29 is 14.6 Å². The van der Waals surface area contributed by atoms with Crippen molar-refractivity contribution >= 4 is 5.97 Å². The second kappa shape index (κ2) is 5.36. The lowest BCUT2D eigenvalue weighted by Gasteiger charge is -2.50. The molecular formula is C13H23NO3. The van der Waals surface area contributed by atoms with E-state index in [0.29, 0.717) is 11.8 Å². The second-order valence-corrected chi connectivity index (χ2v) is 5.68. The molecule has 0 radical (unpaired) electrons. The highest BCUT2D eigenvalue weighted by Gasteiger charge is 2.45. The number of rotatable bonds is 5. The maximum atomic E-state index is 10.6. The molecule has 2 heterocycles. The highest BCUT2D eigenvalue weighted by molar-refractivity contribution is 5.66. The number of nitrogens with zero attached hydrogens (tertiary/aromatic N) is 1.